The fraction of sp³-hybridized carbons (Fsp3) is 0.600. The lowest BCUT2D eigenvalue weighted by Crippen LogP contribution is -2.03. The summed E-state index contributed by atoms with van der Waals surface area (Å²) in [5, 5.41) is 0. The highest BCUT2D eigenvalue weighted by Gasteiger charge is 2.03. The van der Waals surface area contributed by atoms with Gasteiger partial charge in [-0.1, -0.05) is 0 Å². The molecule has 0 unspecified atom stereocenters. The molecule has 0 spiro atoms. The third-order valence-corrected chi connectivity index (χ3v) is 1.59. The molecule has 0 aliphatic rings. The molecule has 0 aromatic rings. The summed E-state index contributed by atoms with van der Waals surface area (Å²) in [5.74, 6) is -0.306. The Morgan fingerprint density at radius 1 is 1.30 bits per heavy atom. The lowest BCUT2D eigenvalue weighted by atomic mass is 10.3. The summed E-state index contributed by atoms with van der Waals surface area (Å²) in [6, 6.07) is 0. The van der Waals surface area contributed by atoms with E-state index in [1.807, 2.05) is 22.6 Å². The molecule has 0 aromatic carbocycles. The summed E-state index contributed by atoms with van der Waals surface area (Å²) in [4.78, 5) is 20.9. The molecule has 0 radical (unpaired) electrons. The maximum atomic E-state index is 10.6. The monoisotopic (exact) mass is 368 g/mol. The predicted octanol–water partition coefficient (Wildman–Crippen LogP) is 1.66. The van der Waals surface area contributed by atoms with Gasteiger partial charge in [0.1, 0.15) is 4.61 Å². The van der Waals surface area contributed by atoms with Crippen molar-refractivity contribution >= 4 is 54.9 Å². The van der Waals surface area contributed by atoms with E-state index in [1.165, 1.54) is 0 Å². The van der Waals surface area contributed by atoms with E-state index < -0.39 is 0 Å². The van der Waals surface area contributed by atoms with Crippen LogP contribution in [0.1, 0.15) is 12.8 Å². The van der Waals surface area contributed by atoms with Gasteiger partial charge in [-0.25, -0.2) is 0 Å². The number of alkyl halides is 1. The molecule has 0 heterocycles. The molecule has 5 heteroatoms. The van der Waals surface area contributed by atoms with E-state index in [0.717, 1.165) is 0 Å². The van der Waals surface area contributed by atoms with E-state index >= 15 is 0 Å². The number of ether oxygens (including phenoxy) is 1. The second-order valence-corrected chi connectivity index (χ2v) is 3.31. The van der Waals surface area contributed by atoms with Crippen molar-refractivity contribution in [2.24, 2.45) is 0 Å². The van der Waals surface area contributed by atoms with Crippen LogP contribution >= 0.6 is 45.2 Å². The Morgan fingerprint density at radius 3 is 2.30 bits per heavy atom. The minimum absolute atomic E-state index is 0.0111. The number of esters is 1. The van der Waals surface area contributed by atoms with Crippen LogP contribution in [0.15, 0.2) is 0 Å². The van der Waals surface area contributed by atoms with E-state index in [2.05, 4.69) is 4.74 Å². The fourth-order valence-electron chi connectivity index (χ4n) is 0.333. The maximum Gasteiger partial charge on any atom is 0.307 e. The zero-order valence-electron chi connectivity index (χ0n) is 5.10. The highest BCUT2D eigenvalue weighted by atomic mass is 127. The van der Waals surface area contributed by atoms with Crippen LogP contribution in [-0.2, 0) is 14.3 Å². The largest absolute Gasteiger partial charge is 0.455 e. The smallest absolute Gasteiger partial charge is 0.307 e. The van der Waals surface area contributed by atoms with Crippen LogP contribution in [0.2, 0.25) is 0 Å². The van der Waals surface area contributed by atoms with Crippen LogP contribution in [0.4, 0.5) is 0 Å². The SMILES string of the molecule is O=C(I)CCC(=O)OCI. The van der Waals surface area contributed by atoms with Gasteiger partial charge in [-0.15, -0.1) is 0 Å². The Balaban J connectivity index is 3.30. The minimum atomic E-state index is -0.306. The van der Waals surface area contributed by atoms with Crippen LogP contribution in [0.3, 0.4) is 0 Å². The quantitative estimate of drug-likeness (QED) is 0.328. The first kappa shape index (κ1) is 10.6. The molecule has 3 nitrogen and oxygen atoms in total. The average molecular weight is 368 g/mol. The van der Waals surface area contributed by atoms with Crippen molar-refractivity contribution in [2.45, 2.75) is 12.8 Å². The topological polar surface area (TPSA) is 43.4 Å². The normalized spacial score (nSPS) is 9.00. The summed E-state index contributed by atoms with van der Waals surface area (Å²) >= 11 is 3.59. The number of halogens is 2. The third kappa shape index (κ3) is 6.72. The maximum absolute atomic E-state index is 10.6. The molecule has 0 amide bonds. The molecule has 0 atom stereocenters. The number of hydrogen-bond acceptors (Lipinski definition) is 3. The van der Waals surface area contributed by atoms with E-state index in [0.29, 0.717) is 4.61 Å². The number of hydrogen-bond donors (Lipinski definition) is 0. The van der Waals surface area contributed by atoms with E-state index in [4.69, 9.17) is 0 Å². The van der Waals surface area contributed by atoms with Gasteiger partial charge >= 0.3 is 5.97 Å². The van der Waals surface area contributed by atoms with Crippen molar-refractivity contribution in [3.8, 4) is 0 Å². The van der Waals surface area contributed by atoms with Crippen molar-refractivity contribution in [3.05, 3.63) is 0 Å². The third-order valence-electron chi connectivity index (χ3n) is 0.741. The minimum Gasteiger partial charge on any atom is -0.455 e. The van der Waals surface area contributed by atoms with Crippen LogP contribution in [0.25, 0.3) is 0 Å². The predicted molar refractivity (Wildman–Crippen MR) is 53.2 cm³/mol. The molecule has 10 heavy (non-hydrogen) atoms. The van der Waals surface area contributed by atoms with Gasteiger partial charge in [-0.05, 0) is 45.2 Å². The highest BCUT2D eigenvalue weighted by molar-refractivity contribution is 14.1. The van der Waals surface area contributed by atoms with Crippen LogP contribution in [0, 0.1) is 0 Å². The first-order valence-corrected chi connectivity index (χ1v) is 5.17. The van der Waals surface area contributed by atoms with Crippen molar-refractivity contribution in [1.29, 1.82) is 0 Å². The molecular formula is C5H6I2O3. The van der Waals surface area contributed by atoms with Crippen LogP contribution < -0.4 is 0 Å². The summed E-state index contributed by atoms with van der Waals surface area (Å²) in [7, 11) is 0. The zero-order chi connectivity index (χ0) is 7.98. The Kier molecular flexibility index (Phi) is 6.70. The van der Waals surface area contributed by atoms with E-state index in [-0.39, 0.29) is 22.6 Å². The lowest BCUT2D eigenvalue weighted by molar-refractivity contribution is -0.141. The molecule has 58 valence electrons. The van der Waals surface area contributed by atoms with Crippen molar-refractivity contribution < 1.29 is 14.3 Å². The Bertz CT molecular complexity index is 135. The second-order valence-electron chi connectivity index (χ2n) is 1.48. The molecule has 0 saturated heterocycles. The van der Waals surface area contributed by atoms with Crippen LogP contribution in [0.5, 0.6) is 0 Å². The Morgan fingerprint density at radius 2 is 1.90 bits per heavy atom. The molecular weight excluding hydrogens is 362 g/mol. The van der Waals surface area contributed by atoms with Gasteiger partial charge in [-0.3, -0.25) is 9.59 Å². The van der Waals surface area contributed by atoms with Crippen molar-refractivity contribution in [2.75, 3.05) is 4.61 Å². The summed E-state index contributed by atoms with van der Waals surface area (Å²) in [6.07, 6.45) is 0.473. The second kappa shape index (κ2) is 6.32. The molecule has 0 aliphatic carbocycles. The lowest BCUT2D eigenvalue weighted by Gasteiger charge is -1.96. The van der Waals surface area contributed by atoms with Gasteiger partial charge in [0.15, 0.2) is 3.79 Å². The van der Waals surface area contributed by atoms with Gasteiger partial charge < -0.3 is 4.74 Å². The summed E-state index contributed by atoms with van der Waals surface area (Å²) in [5.41, 5.74) is 0. The summed E-state index contributed by atoms with van der Waals surface area (Å²) < 4.78 is 4.93. The Labute approximate surface area is 86.2 Å². The molecule has 0 saturated carbocycles. The van der Waals surface area contributed by atoms with Crippen molar-refractivity contribution in [1.82, 2.24) is 0 Å². The molecule has 0 N–H and O–H groups in total. The van der Waals surface area contributed by atoms with Gasteiger partial charge in [0, 0.05) is 6.42 Å². The molecule has 0 aliphatic heterocycles. The fourth-order valence-corrected chi connectivity index (χ4v) is 0.950. The van der Waals surface area contributed by atoms with Gasteiger partial charge in [0.05, 0.1) is 6.42 Å². The van der Waals surface area contributed by atoms with Gasteiger partial charge in [0.25, 0.3) is 0 Å². The molecule has 0 fully saturated rings. The Hall–Kier alpha value is 0.600. The first-order valence-electron chi connectivity index (χ1n) is 2.56. The van der Waals surface area contributed by atoms with Crippen LogP contribution in [-0.4, -0.2) is 14.4 Å². The zero-order valence-corrected chi connectivity index (χ0v) is 9.42. The first-order chi connectivity index (χ1) is 4.66. The van der Waals surface area contributed by atoms with E-state index in [1.54, 1.807) is 22.6 Å². The molecule has 0 aromatic heterocycles. The van der Waals surface area contributed by atoms with Gasteiger partial charge in [0.2, 0.25) is 0 Å². The standard InChI is InChI=1S/C5H6I2O3/c6-3-10-5(9)2-1-4(7)8/h1-3H2. The number of rotatable bonds is 4. The number of carbonyl (C=O) groups excluding carboxylic acids is 2. The average Bonchev–Trinajstić information content (AvgIpc) is 1.85. The van der Waals surface area contributed by atoms with Gasteiger partial charge in [-0.2, -0.15) is 0 Å². The van der Waals surface area contributed by atoms with Crippen molar-refractivity contribution in [3.63, 3.8) is 0 Å². The highest BCUT2D eigenvalue weighted by Crippen LogP contribution is 1.99. The molecule has 0 bridgehead atoms. The number of carbonyl (C=O) groups is 2. The molecule has 0 rings (SSSR count). The van der Waals surface area contributed by atoms with E-state index in [9.17, 15) is 9.59 Å². The summed E-state index contributed by atoms with van der Waals surface area (Å²) in [6.45, 7) is 0.